The summed E-state index contributed by atoms with van der Waals surface area (Å²) in [6.07, 6.45) is 5.81. The fourth-order valence-corrected chi connectivity index (χ4v) is 5.70. The van der Waals surface area contributed by atoms with Gasteiger partial charge in [-0.05, 0) is 53.6 Å². The summed E-state index contributed by atoms with van der Waals surface area (Å²) in [5.41, 5.74) is 1.38. The number of benzene rings is 2. The Morgan fingerprint density at radius 2 is 1.83 bits per heavy atom. The number of piperazine rings is 1. The minimum atomic E-state index is -0.497. The summed E-state index contributed by atoms with van der Waals surface area (Å²) >= 11 is 6.21. The lowest BCUT2D eigenvalue weighted by Gasteiger charge is -2.39. The van der Waals surface area contributed by atoms with Crippen molar-refractivity contribution < 1.29 is 8.81 Å². The third kappa shape index (κ3) is 4.16. The summed E-state index contributed by atoms with van der Waals surface area (Å²) < 4.78 is 22.2. The number of hydrogen-bond donors (Lipinski definition) is 0. The molecule has 0 N–H and O–H groups in total. The Hall–Kier alpha value is -3.30. The van der Waals surface area contributed by atoms with E-state index in [2.05, 4.69) is 20.4 Å². The van der Waals surface area contributed by atoms with Gasteiger partial charge in [-0.3, -0.25) is 9.69 Å². The first-order chi connectivity index (χ1) is 17.6. The van der Waals surface area contributed by atoms with Crippen molar-refractivity contribution in [2.24, 2.45) is 0 Å². The van der Waals surface area contributed by atoms with Gasteiger partial charge in [0.05, 0.1) is 22.7 Å². The average Bonchev–Trinajstić information content (AvgIpc) is 3.59. The Morgan fingerprint density at radius 1 is 1.06 bits per heavy atom. The molecule has 0 radical (unpaired) electrons. The van der Waals surface area contributed by atoms with Gasteiger partial charge in [-0.1, -0.05) is 36.6 Å². The smallest absolute Gasteiger partial charge is 0.197 e. The molecule has 1 saturated carbocycles. The van der Waals surface area contributed by atoms with Crippen molar-refractivity contribution in [2.75, 3.05) is 31.1 Å². The number of aromatic nitrogens is 4. The third-order valence-corrected chi connectivity index (χ3v) is 7.60. The minimum absolute atomic E-state index is 0.152. The van der Waals surface area contributed by atoms with E-state index < -0.39 is 6.04 Å². The van der Waals surface area contributed by atoms with Gasteiger partial charge in [0.25, 0.3) is 0 Å². The van der Waals surface area contributed by atoms with Gasteiger partial charge in [0.1, 0.15) is 23.7 Å². The molecule has 2 aromatic heterocycles. The highest BCUT2D eigenvalue weighted by molar-refractivity contribution is 6.31. The molecule has 1 aliphatic carbocycles. The highest BCUT2D eigenvalue weighted by atomic mass is 35.5. The van der Waals surface area contributed by atoms with Gasteiger partial charge in [-0.25, -0.2) is 9.07 Å². The second-order valence-electron chi connectivity index (χ2n) is 9.46. The predicted molar refractivity (Wildman–Crippen MR) is 135 cm³/mol. The van der Waals surface area contributed by atoms with E-state index in [0.29, 0.717) is 59.2 Å². The topological polar surface area (TPSA) is 80.3 Å². The molecule has 10 heteroatoms. The van der Waals surface area contributed by atoms with Crippen LogP contribution in [0.2, 0.25) is 5.02 Å². The Labute approximate surface area is 212 Å². The number of halogens is 2. The van der Waals surface area contributed by atoms with Crippen LogP contribution in [0.4, 0.5) is 10.1 Å². The molecule has 0 bridgehead atoms. The first kappa shape index (κ1) is 23.1. The Bertz CT molecular complexity index is 1440. The summed E-state index contributed by atoms with van der Waals surface area (Å²) in [5, 5.41) is 13.7. The normalized spacial score (nSPS) is 18.2. The Morgan fingerprint density at radius 3 is 2.61 bits per heavy atom. The standard InChI is InChI=1S/C26H26ClFN6O2/c27-17-9-10-23-19(15-17)25(35)20(16-36-23)24(26-29-30-31-34(26)18-5-1-2-6-18)33-13-11-32(12-14-33)22-8-4-3-7-21(22)28/h3-4,7-10,15-16,18,24H,1-2,5-6,11-14H2/t24-/m0/s1. The molecule has 0 spiro atoms. The zero-order valence-corrected chi connectivity index (χ0v) is 20.4. The van der Waals surface area contributed by atoms with E-state index >= 15 is 0 Å². The molecular weight excluding hydrogens is 483 g/mol. The van der Waals surface area contributed by atoms with Gasteiger partial charge < -0.3 is 9.32 Å². The average molecular weight is 509 g/mol. The van der Waals surface area contributed by atoms with E-state index in [1.54, 1.807) is 30.3 Å². The van der Waals surface area contributed by atoms with Crippen molar-refractivity contribution >= 4 is 28.3 Å². The molecule has 1 atom stereocenters. The summed E-state index contributed by atoms with van der Waals surface area (Å²) in [6.45, 7) is 2.41. The predicted octanol–water partition coefficient (Wildman–Crippen LogP) is 4.60. The molecule has 2 fully saturated rings. The highest BCUT2D eigenvalue weighted by Gasteiger charge is 2.35. The summed E-state index contributed by atoms with van der Waals surface area (Å²) in [5.74, 6) is 0.398. The number of hydrogen-bond acceptors (Lipinski definition) is 7. The maximum absolute atomic E-state index is 14.4. The summed E-state index contributed by atoms with van der Waals surface area (Å²) in [7, 11) is 0. The maximum atomic E-state index is 14.4. The lowest BCUT2D eigenvalue weighted by atomic mass is 10.0. The van der Waals surface area contributed by atoms with Crippen LogP contribution in [-0.2, 0) is 0 Å². The number of tetrazole rings is 1. The van der Waals surface area contributed by atoms with Crippen molar-refractivity contribution in [1.29, 1.82) is 0 Å². The van der Waals surface area contributed by atoms with Gasteiger partial charge in [0.2, 0.25) is 0 Å². The lowest BCUT2D eigenvalue weighted by molar-refractivity contribution is 0.195. The Kier molecular flexibility index (Phi) is 6.18. The number of anilines is 1. The van der Waals surface area contributed by atoms with Gasteiger partial charge >= 0.3 is 0 Å². The van der Waals surface area contributed by atoms with E-state index in [1.165, 1.54) is 12.3 Å². The first-order valence-corrected chi connectivity index (χ1v) is 12.7. The molecule has 1 saturated heterocycles. The van der Waals surface area contributed by atoms with Crippen LogP contribution in [0.15, 0.2) is 57.9 Å². The summed E-state index contributed by atoms with van der Waals surface area (Å²) in [6, 6.07) is 11.6. The van der Waals surface area contributed by atoms with E-state index in [0.717, 1.165) is 25.7 Å². The fourth-order valence-electron chi connectivity index (χ4n) is 5.52. The van der Waals surface area contributed by atoms with Gasteiger partial charge in [-0.15, -0.1) is 5.10 Å². The molecule has 2 aliphatic rings. The number of rotatable bonds is 5. The van der Waals surface area contributed by atoms with Gasteiger partial charge in [0.15, 0.2) is 11.3 Å². The second kappa shape index (κ2) is 9.63. The van der Waals surface area contributed by atoms with Crippen molar-refractivity contribution in [3.63, 3.8) is 0 Å². The molecule has 6 rings (SSSR count). The minimum Gasteiger partial charge on any atom is -0.464 e. The van der Waals surface area contributed by atoms with Crippen molar-refractivity contribution in [1.82, 2.24) is 25.1 Å². The molecule has 0 amide bonds. The molecule has 2 aromatic carbocycles. The third-order valence-electron chi connectivity index (χ3n) is 7.36. The van der Waals surface area contributed by atoms with Crippen LogP contribution < -0.4 is 10.3 Å². The van der Waals surface area contributed by atoms with Crippen molar-refractivity contribution in [3.8, 4) is 0 Å². The van der Waals surface area contributed by atoms with E-state index in [9.17, 15) is 9.18 Å². The number of fused-ring (bicyclic) bond motifs is 1. The summed E-state index contributed by atoms with van der Waals surface area (Å²) in [4.78, 5) is 18.0. The molecule has 4 aromatic rings. The molecule has 0 unspecified atom stereocenters. The van der Waals surface area contributed by atoms with Crippen LogP contribution in [0, 0.1) is 5.82 Å². The van der Waals surface area contributed by atoms with Crippen LogP contribution in [-0.4, -0.2) is 51.3 Å². The molecule has 186 valence electrons. The van der Waals surface area contributed by atoms with Crippen molar-refractivity contribution in [2.45, 2.75) is 37.8 Å². The van der Waals surface area contributed by atoms with E-state index in [-0.39, 0.29) is 17.3 Å². The SMILES string of the molecule is O=c1c([C@@H](c2nnnn2C2CCCC2)N2CCN(c3ccccc3F)CC2)coc2ccc(Cl)cc12. The van der Waals surface area contributed by atoms with Crippen LogP contribution >= 0.6 is 11.6 Å². The largest absolute Gasteiger partial charge is 0.464 e. The first-order valence-electron chi connectivity index (χ1n) is 12.3. The van der Waals surface area contributed by atoms with Crippen molar-refractivity contribution in [3.05, 3.63) is 81.2 Å². The number of para-hydroxylation sites is 1. The van der Waals surface area contributed by atoms with Gasteiger partial charge in [0, 0.05) is 31.2 Å². The van der Waals surface area contributed by atoms with Crippen LogP contribution in [0.5, 0.6) is 0 Å². The van der Waals surface area contributed by atoms with Crippen LogP contribution in [0.3, 0.4) is 0 Å². The van der Waals surface area contributed by atoms with Crippen LogP contribution in [0.1, 0.15) is 49.2 Å². The van der Waals surface area contributed by atoms with Crippen LogP contribution in [0.25, 0.3) is 11.0 Å². The zero-order valence-electron chi connectivity index (χ0n) is 19.7. The Balaban J connectivity index is 1.40. The lowest BCUT2D eigenvalue weighted by Crippen LogP contribution is -2.49. The number of nitrogens with zero attached hydrogens (tertiary/aromatic N) is 6. The molecule has 8 nitrogen and oxygen atoms in total. The zero-order chi connectivity index (χ0) is 24.6. The highest BCUT2D eigenvalue weighted by Crippen LogP contribution is 2.34. The van der Waals surface area contributed by atoms with E-state index in [1.807, 2.05) is 15.6 Å². The quantitative estimate of drug-likeness (QED) is 0.390. The van der Waals surface area contributed by atoms with E-state index in [4.69, 9.17) is 16.0 Å². The molecular formula is C26H26ClFN6O2. The molecule has 3 heterocycles. The monoisotopic (exact) mass is 508 g/mol. The molecule has 1 aliphatic heterocycles. The fraction of sp³-hybridized carbons (Fsp3) is 0.385. The molecule has 36 heavy (non-hydrogen) atoms. The second-order valence-corrected chi connectivity index (χ2v) is 9.89. The van der Waals surface area contributed by atoms with Gasteiger partial charge in [-0.2, -0.15) is 0 Å². The maximum Gasteiger partial charge on any atom is 0.197 e.